The quantitative estimate of drug-likeness (QED) is 0.313. The molecule has 4 aromatic heterocycles. The highest BCUT2D eigenvalue weighted by Crippen LogP contribution is 2.45. The topological polar surface area (TPSA) is 116 Å². The summed E-state index contributed by atoms with van der Waals surface area (Å²) in [4.78, 5) is 37.4. The van der Waals surface area contributed by atoms with Crippen LogP contribution in [0.5, 0.6) is 5.88 Å². The van der Waals surface area contributed by atoms with Crippen molar-refractivity contribution in [2.45, 2.75) is 50.4 Å². The number of benzene rings is 1. The van der Waals surface area contributed by atoms with Crippen molar-refractivity contribution in [3.63, 3.8) is 0 Å². The van der Waals surface area contributed by atoms with Gasteiger partial charge in [0.2, 0.25) is 5.88 Å². The molecule has 2 saturated carbocycles. The Morgan fingerprint density at radius 3 is 2.50 bits per heavy atom. The van der Waals surface area contributed by atoms with E-state index < -0.39 is 11.9 Å². The fourth-order valence-corrected chi connectivity index (χ4v) is 4.94. The minimum Gasteiger partial charge on any atom is -0.480 e. The number of nitrogens with zero attached hydrogens (tertiary/aromatic N) is 7. The van der Waals surface area contributed by atoms with Crippen LogP contribution in [0.15, 0.2) is 47.8 Å². The predicted molar refractivity (Wildman–Crippen MR) is 138 cm³/mol. The first kappa shape index (κ1) is 24.5. The van der Waals surface area contributed by atoms with Crippen molar-refractivity contribution in [3.8, 4) is 28.7 Å². The number of fused-ring (bicyclic) bond motifs is 1. The van der Waals surface area contributed by atoms with Crippen molar-refractivity contribution in [1.82, 2.24) is 39.0 Å². The van der Waals surface area contributed by atoms with E-state index in [9.17, 15) is 18.0 Å². The number of hydrogen-bond acceptors (Lipinski definition) is 7. The first-order valence-electron chi connectivity index (χ1n) is 12.9. The molecule has 2 fully saturated rings. The molecule has 7 rings (SSSR count). The van der Waals surface area contributed by atoms with Gasteiger partial charge in [0.25, 0.3) is 0 Å². The average molecular weight is 549 g/mol. The van der Waals surface area contributed by atoms with Crippen molar-refractivity contribution in [3.05, 3.63) is 70.4 Å². The number of ether oxygens (including phenoxy) is 1. The van der Waals surface area contributed by atoms with Crippen LogP contribution in [0.1, 0.15) is 54.6 Å². The number of aromatic nitrogens is 8. The second-order valence-corrected chi connectivity index (χ2v) is 10.1. The molecule has 1 aromatic carbocycles. The lowest BCUT2D eigenvalue weighted by molar-refractivity contribution is -0.140. The summed E-state index contributed by atoms with van der Waals surface area (Å²) < 4.78 is 48.6. The Morgan fingerprint density at radius 1 is 1.05 bits per heavy atom. The number of nitrogens with one attached hydrogen (secondary N) is 1. The van der Waals surface area contributed by atoms with E-state index in [2.05, 4.69) is 24.9 Å². The van der Waals surface area contributed by atoms with Crippen LogP contribution in [0.3, 0.4) is 0 Å². The zero-order valence-electron chi connectivity index (χ0n) is 21.3. The molecule has 0 amide bonds. The van der Waals surface area contributed by atoms with Crippen LogP contribution in [0.25, 0.3) is 33.9 Å². The van der Waals surface area contributed by atoms with Gasteiger partial charge in [0.05, 0.1) is 25.5 Å². The van der Waals surface area contributed by atoms with Crippen LogP contribution in [0, 0.1) is 0 Å². The normalized spacial score (nSPS) is 15.6. The van der Waals surface area contributed by atoms with E-state index >= 15 is 0 Å². The second-order valence-electron chi connectivity index (χ2n) is 10.1. The predicted octanol–water partition coefficient (Wildman–Crippen LogP) is 4.73. The molecule has 0 saturated heterocycles. The zero-order chi connectivity index (χ0) is 27.6. The fraction of sp³-hybridized carbons (Fsp3) is 0.333. The molecule has 1 N–H and O–H groups in total. The maximum absolute atomic E-state index is 13.3. The Hall–Kier alpha value is -4.55. The first-order chi connectivity index (χ1) is 19.3. The zero-order valence-corrected chi connectivity index (χ0v) is 21.3. The number of imidazole rings is 2. The Labute approximate surface area is 224 Å². The molecule has 40 heavy (non-hydrogen) atoms. The molecule has 4 heterocycles. The first-order valence-corrected chi connectivity index (χ1v) is 12.9. The Kier molecular flexibility index (Phi) is 5.51. The van der Waals surface area contributed by atoms with Gasteiger partial charge < -0.3 is 14.3 Å². The molecule has 0 spiro atoms. The van der Waals surface area contributed by atoms with Gasteiger partial charge in [0.1, 0.15) is 23.2 Å². The van der Waals surface area contributed by atoms with Crippen LogP contribution in [-0.2, 0) is 12.7 Å². The van der Waals surface area contributed by atoms with Gasteiger partial charge in [0, 0.05) is 23.7 Å². The Balaban J connectivity index is 1.23. The van der Waals surface area contributed by atoms with E-state index in [4.69, 9.17) is 9.72 Å². The molecule has 0 bridgehead atoms. The standard InChI is InChI=1S/C27H23F3N8O2/c1-40-25-20(21(15-6-7-15)32-13-33-25)22-31-10-18-24(36-22)38(26(39)34-18)11-14-2-4-16(5-3-14)23-35-19(27(28,29)30)12-37(23)17-8-9-17/h2-5,10,12-13,15,17H,6-9,11H2,1H3,(H,34,39). The number of rotatable bonds is 7. The summed E-state index contributed by atoms with van der Waals surface area (Å²) >= 11 is 0. The van der Waals surface area contributed by atoms with E-state index in [0.717, 1.165) is 43.1 Å². The molecule has 0 radical (unpaired) electrons. The van der Waals surface area contributed by atoms with Gasteiger partial charge in [-0.15, -0.1) is 0 Å². The maximum atomic E-state index is 13.3. The summed E-state index contributed by atoms with van der Waals surface area (Å²) in [5.41, 5.74) is 2.41. The van der Waals surface area contributed by atoms with Gasteiger partial charge in [0.15, 0.2) is 17.2 Å². The highest BCUT2D eigenvalue weighted by Gasteiger charge is 2.37. The van der Waals surface area contributed by atoms with Gasteiger partial charge in [-0.25, -0.2) is 29.7 Å². The number of hydrogen-bond donors (Lipinski definition) is 1. The van der Waals surface area contributed by atoms with E-state index in [-0.39, 0.29) is 24.1 Å². The molecule has 10 nitrogen and oxygen atoms in total. The molecule has 5 aromatic rings. The monoisotopic (exact) mass is 548 g/mol. The number of methoxy groups -OCH3 is 1. The van der Waals surface area contributed by atoms with E-state index in [1.165, 1.54) is 18.0 Å². The number of halogens is 3. The van der Waals surface area contributed by atoms with Crippen LogP contribution in [0.2, 0.25) is 0 Å². The Bertz CT molecular complexity index is 1800. The summed E-state index contributed by atoms with van der Waals surface area (Å²) in [6, 6.07) is 7.05. The average Bonchev–Trinajstić information content (AvgIpc) is 3.89. The lowest BCUT2D eigenvalue weighted by Gasteiger charge is -2.11. The van der Waals surface area contributed by atoms with Crippen molar-refractivity contribution in [1.29, 1.82) is 0 Å². The molecule has 0 aliphatic heterocycles. The number of H-pyrrole nitrogens is 1. The maximum Gasteiger partial charge on any atom is 0.434 e. The van der Waals surface area contributed by atoms with E-state index in [1.54, 1.807) is 35.0 Å². The minimum atomic E-state index is -4.51. The smallest absolute Gasteiger partial charge is 0.434 e. The van der Waals surface area contributed by atoms with Crippen LogP contribution in [-0.4, -0.2) is 46.1 Å². The highest BCUT2D eigenvalue weighted by atomic mass is 19.4. The largest absolute Gasteiger partial charge is 0.480 e. The van der Waals surface area contributed by atoms with Crippen molar-refractivity contribution in [2.75, 3.05) is 7.11 Å². The SMILES string of the molecule is COc1ncnc(C2CC2)c1-c1ncc2[nH]c(=O)n(Cc3ccc(-c4nc(C(F)(F)F)cn4C4CC4)cc3)c2n1. The van der Waals surface area contributed by atoms with Crippen molar-refractivity contribution in [2.24, 2.45) is 0 Å². The van der Waals surface area contributed by atoms with E-state index in [1.807, 2.05) is 0 Å². The van der Waals surface area contributed by atoms with Gasteiger partial charge >= 0.3 is 11.9 Å². The lowest BCUT2D eigenvalue weighted by Crippen LogP contribution is -2.17. The van der Waals surface area contributed by atoms with Gasteiger partial charge in [-0.05, 0) is 31.2 Å². The molecule has 0 unspecified atom stereocenters. The van der Waals surface area contributed by atoms with Gasteiger partial charge in [-0.3, -0.25) is 4.57 Å². The highest BCUT2D eigenvalue weighted by molar-refractivity contribution is 5.75. The summed E-state index contributed by atoms with van der Waals surface area (Å²) in [5.74, 6) is 1.31. The third-order valence-corrected chi connectivity index (χ3v) is 7.25. The molecule has 2 aliphatic rings. The third-order valence-electron chi connectivity index (χ3n) is 7.25. The number of alkyl halides is 3. The minimum absolute atomic E-state index is 0.0334. The van der Waals surface area contributed by atoms with Crippen LogP contribution in [0.4, 0.5) is 13.2 Å². The Morgan fingerprint density at radius 2 is 1.82 bits per heavy atom. The third kappa shape index (κ3) is 4.31. The fourth-order valence-electron chi connectivity index (χ4n) is 4.94. The lowest BCUT2D eigenvalue weighted by atomic mass is 10.1. The summed E-state index contributed by atoms with van der Waals surface area (Å²) in [6.07, 6.45) is 3.28. The summed E-state index contributed by atoms with van der Waals surface area (Å²) in [7, 11) is 1.53. The second kappa shape index (κ2) is 9.00. The molecular formula is C27H23F3N8O2. The van der Waals surface area contributed by atoms with Crippen LogP contribution < -0.4 is 10.4 Å². The van der Waals surface area contributed by atoms with Crippen molar-refractivity contribution < 1.29 is 17.9 Å². The molecule has 204 valence electrons. The van der Waals surface area contributed by atoms with Gasteiger partial charge in [-0.2, -0.15) is 13.2 Å². The van der Waals surface area contributed by atoms with Crippen LogP contribution >= 0.6 is 0 Å². The summed E-state index contributed by atoms with van der Waals surface area (Å²) in [5, 5.41) is 0. The van der Waals surface area contributed by atoms with Crippen molar-refractivity contribution >= 4 is 11.2 Å². The van der Waals surface area contributed by atoms with Gasteiger partial charge in [-0.1, -0.05) is 24.3 Å². The van der Waals surface area contributed by atoms with E-state index in [0.29, 0.717) is 39.9 Å². The molecule has 13 heteroatoms. The number of aromatic amines is 1. The molecular weight excluding hydrogens is 525 g/mol. The molecule has 0 atom stereocenters. The molecule has 2 aliphatic carbocycles. The summed E-state index contributed by atoms with van der Waals surface area (Å²) in [6.45, 7) is 0.193.